The average molecular weight is 285 g/mol. The van der Waals surface area contributed by atoms with Gasteiger partial charge in [-0.15, -0.1) is 0 Å². The van der Waals surface area contributed by atoms with Crippen LogP contribution in [0.3, 0.4) is 0 Å². The molecule has 1 aromatic heterocycles. The van der Waals surface area contributed by atoms with Crippen LogP contribution in [0, 0.1) is 0 Å². The van der Waals surface area contributed by atoms with Crippen LogP contribution in [-0.4, -0.2) is 50.4 Å². The molecule has 5 nitrogen and oxygen atoms in total. The summed E-state index contributed by atoms with van der Waals surface area (Å²) in [4.78, 5) is 6.51. The number of hydrogen-bond acceptors (Lipinski definition) is 5. The van der Waals surface area contributed by atoms with Crippen LogP contribution in [0.15, 0.2) is 18.2 Å². The zero-order chi connectivity index (χ0) is 14.3. The van der Waals surface area contributed by atoms with Crippen molar-refractivity contribution >= 4 is 9.84 Å². The molecule has 1 aromatic rings. The molecule has 0 aliphatic heterocycles. The van der Waals surface area contributed by atoms with E-state index in [1.54, 1.807) is 0 Å². The van der Waals surface area contributed by atoms with E-state index < -0.39 is 9.84 Å². The quantitative estimate of drug-likeness (QED) is 0.760. The first-order valence-corrected chi connectivity index (χ1v) is 8.48. The molecule has 0 aliphatic rings. The Morgan fingerprint density at radius 2 is 2.00 bits per heavy atom. The highest BCUT2D eigenvalue weighted by molar-refractivity contribution is 7.90. The SMILES string of the molecule is CCNCc1cccc(CN(C)CCS(C)(=O)=O)n1. The van der Waals surface area contributed by atoms with Gasteiger partial charge >= 0.3 is 0 Å². The van der Waals surface area contributed by atoms with E-state index in [-0.39, 0.29) is 5.75 Å². The minimum absolute atomic E-state index is 0.181. The van der Waals surface area contributed by atoms with Gasteiger partial charge in [-0.1, -0.05) is 13.0 Å². The number of pyridine rings is 1. The van der Waals surface area contributed by atoms with Crippen LogP contribution >= 0.6 is 0 Å². The van der Waals surface area contributed by atoms with Crippen LogP contribution < -0.4 is 5.32 Å². The Bertz CT molecular complexity index is 488. The lowest BCUT2D eigenvalue weighted by Crippen LogP contribution is -2.25. The van der Waals surface area contributed by atoms with E-state index in [2.05, 4.69) is 17.2 Å². The summed E-state index contributed by atoms with van der Waals surface area (Å²) in [5.41, 5.74) is 1.97. The molecular weight excluding hydrogens is 262 g/mol. The number of aromatic nitrogens is 1. The molecule has 0 unspecified atom stereocenters. The molecule has 0 radical (unpaired) electrons. The third kappa shape index (κ3) is 7.25. The van der Waals surface area contributed by atoms with E-state index in [4.69, 9.17) is 0 Å². The number of rotatable bonds is 8. The summed E-state index contributed by atoms with van der Waals surface area (Å²) in [5.74, 6) is 0.181. The zero-order valence-electron chi connectivity index (χ0n) is 11.9. The molecule has 1 rings (SSSR count). The summed E-state index contributed by atoms with van der Waals surface area (Å²) in [6, 6.07) is 5.94. The first-order valence-electron chi connectivity index (χ1n) is 6.42. The van der Waals surface area contributed by atoms with Crippen LogP contribution in [-0.2, 0) is 22.9 Å². The normalized spacial score (nSPS) is 12.0. The first kappa shape index (κ1) is 16.1. The van der Waals surface area contributed by atoms with Crippen molar-refractivity contribution in [2.75, 3.05) is 32.1 Å². The molecule has 0 aromatic carbocycles. The molecule has 0 spiro atoms. The topological polar surface area (TPSA) is 62.3 Å². The molecule has 0 aliphatic carbocycles. The Morgan fingerprint density at radius 1 is 1.32 bits per heavy atom. The molecule has 0 bridgehead atoms. The number of nitrogens with zero attached hydrogens (tertiary/aromatic N) is 2. The highest BCUT2D eigenvalue weighted by Gasteiger charge is 2.07. The molecule has 108 valence electrons. The van der Waals surface area contributed by atoms with Crippen molar-refractivity contribution in [3.05, 3.63) is 29.6 Å². The van der Waals surface area contributed by atoms with Gasteiger partial charge in [0.15, 0.2) is 0 Å². The summed E-state index contributed by atoms with van der Waals surface area (Å²) >= 11 is 0. The van der Waals surface area contributed by atoms with Crippen molar-refractivity contribution < 1.29 is 8.42 Å². The molecule has 1 heterocycles. The lowest BCUT2D eigenvalue weighted by molar-refractivity contribution is 0.341. The molecule has 0 saturated carbocycles. The predicted molar refractivity (Wildman–Crippen MR) is 77.7 cm³/mol. The van der Waals surface area contributed by atoms with E-state index >= 15 is 0 Å². The van der Waals surface area contributed by atoms with Gasteiger partial charge in [0.2, 0.25) is 0 Å². The minimum atomic E-state index is -2.90. The second-order valence-electron chi connectivity index (χ2n) is 4.77. The van der Waals surface area contributed by atoms with Gasteiger partial charge in [0.05, 0.1) is 17.1 Å². The zero-order valence-corrected chi connectivity index (χ0v) is 12.7. The summed E-state index contributed by atoms with van der Waals surface area (Å²) < 4.78 is 22.2. The Labute approximate surface area is 116 Å². The molecule has 0 amide bonds. The Balaban J connectivity index is 2.51. The molecule has 6 heteroatoms. The van der Waals surface area contributed by atoms with Crippen molar-refractivity contribution in [2.24, 2.45) is 0 Å². The van der Waals surface area contributed by atoms with Gasteiger partial charge in [-0.2, -0.15) is 0 Å². The van der Waals surface area contributed by atoms with Gasteiger partial charge in [-0.25, -0.2) is 8.42 Å². The summed E-state index contributed by atoms with van der Waals surface area (Å²) in [7, 11) is -0.997. The lowest BCUT2D eigenvalue weighted by Gasteiger charge is -2.15. The third-order valence-electron chi connectivity index (χ3n) is 2.70. The van der Waals surface area contributed by atoms with Crippen LogP contribution in [0.5, 0.6) is 0 Å². The van der Waals surface area contributed by atoms with E-state index in [1.165, 1.54) is 6.26 Å². The fourth-order valence-corrected chi connectivity index (χ4v) is 2.29. The average Bonchev–Trinajstić information content (AvgIpc) is 2.33. The molecule has 0 atom stereocenters. The summed E-state index contributed by atoms with van der Waals surface area (Å²) in [5, 5.41) is 3.23. The predicted octanol–water partition coefficient (Wildman–Crippen LogP) is 0.668. The van der Waals surface area contributed by atoms with E-state index in [0.717, 1.165) is 24.5 Å². The van der Waals surface area contributed by atoms with E-state index in [0.29, 0.717) is 13.1 Å². The van der Waals surface area contributed by atoms with Gasteiger partial charge in [0, 0.05) is 25.9 Å². The van der Waals surface area contributed by atoms with Gasteiger partial charge in [0.1, 0.15) is 9.84 Å². The Kier molecular flexibility index (Phi) is 6.41. The van der Waals surface area contributed by atoms with Crippen molar-refractivity contribution in [1.29, 1.82) is 0 Å². The maximum absolute atomic E-state index is 11.1. The summed E-state index contributed by atoms with van der Waals surface area (Å²) in [6.45, 7) is 4.92. The van der Waals surface area contributed by atoms with Crippen molar-refractivity contribution in [1.82, 2.24) is 15.2 Å². The second kappa shape index (κ2) is 7.57. The second-order valence-corrected chi connectivity index (χ2v) is 7.03. The maximum atomic E-state index is 11.1. The molecule has 1 N–H and O–H groups in total. The highest BCUT2D eigenvalue weighted by Crippen LogP contribution is 2.03. The smallest absolute Gasteiger partial charge is 0.148 e. The lowest BCUT2D eigenvalue weighted by atomic mass is 10.3. The van der Waals surface area contributed by atoms with E-state index in [1.807, 2.05) is 30.1 Å². The fraction of sp³-hybridized carbons (Fsp3) is 0.615. The standard InChI is InChI=1S/C13H23N3O2S/c1-4-14-10-12-6-5-7-13(15-12)11-16(2)8-9-19(3,17)18/h5-7,14H,4,8-11H2,1-3H3. The Morgan fingerprint density at radius 3 is 2.63 bits per heavy atom. The fourth-order valence-electron chi connectivity index (χ4n) is 1.65. The summed E-state index contributed by atoms with van der Waals surface area (Å²) in [6.07, 6.45) is 1.26. The maximum Gasteiger partial charge on any atom is 0.148 e. The minimum Gasteiger partial charge on any atom is -0.311 e. The molecule has 19 heavy (non-hydrogen) atoms. The first-order chi connectivity index (χ1) is 8.90. The number of hydrogen-bond donors (Lipinski definition) is 1. The largest absolute Gasteiger partial charge is 0.311 e. The van der Waals surface area contributed by atoms with Gasteiger partial charge in [0.25, 0.3) is 0 Å². The van der Waals surface area contributed by atoms with Gasteiger partial charge in [-0.3, -0.25) is 9.88 Å². The van der Waals surface area contributed by atoms with Crippen LogP contribution in [0.25, 0.3) is 0 Å². The monoisotopic (exact) mass is 285 g/mol. The highest BCUT2D eigenvalue weighted by atomic mass is 32.2. The third-order valence-corrected chi connectivity index (χ3v) is 3.62. The van der Waals surface area contributed by atoms with Crippen molar-refractivity contribution in [2.45, 2.75) is 20.0 Å². The Hall–Kier alpha value is -0.980. The molecular formula is C13H23N3O2S. The van der Waals surface area contributed by atoms with Gasteiger partial charge in [-0.05, 0) is 25.7 Å². The molecule has 0 saturated heterocycles. The van der Waals surface area contributed by atoms with Crippen molar-refractivity contribution in [3.63, 3.8) is 0 Å². The van der Waals surface area contributed by atoms with Crippen LogP contribution in [0.2, 0.25) is 0 Å². The van der Waals surface area contributed by atoms with Crippen molar-refractivity contribution in [3.8, 4) is 0 Å². The van der Waals surface area contributed by atoms with Crippen LogP contribution in [0.4, 0.5) is 0 Å². The number of nitrogens with one attached hydrogen (secondary N) is 1. The molecule has 0 fully saturated rings. The van der Waals surface area contributed by atoms with Crippen LogP contribution in [0.1, 0.15) is 18.3 Å². The van der Waals surface area contributed by atoms with Gasteiger partial charge < -0.3 is 5.32 Å². The van der Waals surface area contributed by atoms with E-state index in [9.17, 15) is 8.42 Å². The number of sulfone groups is 1.